The lowest BCUT2D eigenvalue weighted by atomic mass is 10.0. The van der Waals surface area contributed by atoms with Gasteiger partial charge in [-0.15, -0.1) is 10.2 Å². The number of H-pyrrole nitrogens is 1. The average molecular weight is 379 g/mol. The van der Waals surface area contributed by atoms with Gasteiger partial charge in [0.15, 0.2) is 0 Å². The third-order valence-corrected chi connectivity index (χ3v) is 5.24. The molecule has 0 saturated carbocycles. The monoisotopic (exact) mass is 379 g/mol. The fraction of sp³-hybridized carbons (Fsp3) is 0.368. The van der Waals surface area contributed by atoms with E-state index in [9.17, 15) is 5.11 Å². The Balaban J connectivity index is 1.29. The predicted octanol–water partition coefficient (Wildman–Crippen LogP) is 1.20. The zero-order valence-corrected chi connectivity index (χ0v) is 15.2. The number of benzene rings is 1. The number of hydrogen-bond donors (Lipinski definition) is 3. The summed E-state index contributed by atoms with van der Waals surface area (Å²) in [5.74, 6) is 0.753. The Bertz CT molecular complexity index is 941. The molecule has 2 saturated heterocycles. The van der Waals surface area contributed by atoms with Crippen LogP contribution in [0.4, 0.5) is 5.95 Å². The largest absolute Gasteiger partial charge is 0.507 e. The lowest BCUT2D eigenvalue weighted by Gasteiger charge is -2.30. The van der Waals surface area contributed by atoms with E-state index in [0.717, 1.165) is 43.9 Å². The van der Waals surface area contributed by atoms with Crippen LogP contribution in [0.2, 0.25) is 0 Å². The Morgan fingerprint density at radius 2 is 2.07 bits per heavy atom. The maximum atomic E-state index is 10.4. The molecule has 5 rings (SSSR count). The normalized spacial score (nSPS) is 19.7. The van der Waals surface area contributed by atoms with E-state index in [1.165, 1.54) is 0 Å². The number of phenolic OH excluding ortho intramolecular Hbond substituents is 1. The zero-order valence-electron chi connectivity index (χ0n) is 15.2. The predicted molar refractivity (Wildman–Crippen MR) is 103 cm³/mol. The number of rotatable bonds is 5. The number of nitrogens with zero attached hydrogens (tertiary/aromatic N) is 5. The summed E-state index contributed by atoms with van der Waals surface area (Å²) in [6.07, 6.45) is 6.20. The summed E-state index contributed by atoms with van der Waals surface area (Å²) in [5.41, 5.74) is 2.93. The molecule has 0 radical (unpaired) electrons. The van der Waals surface area contributed by atoms with Crippen LogP contribution in [0, 0.1) is 0 Å². The molecule has 3 aromatic rings. The van der Waals surface area contributed by atoms with Gasteiger partial charge < -0.3 is 20.1 Å². The Morgan fingerprint density at radius 3 is 2.75 bits per heavy atom. The number of aromatic nitrogens is 5. The van der Waals surface area contributed by atoms with Gasteiger partial charge in [0.2, 0.25) is 5.95 Å². The SMILES string of the molecule is Oc1cc(-c2cn[nH]c2)ccc1-c1cnc(N2CCC(NC3COC3)C2)nn1. The van der Waals surface area contributed by atoms with Crippen molar-refractivity contribution in [2.75, 3.05) is 31.2 Å². The first kappa shape index (κ1) is 17.1. The molecule has 9 heteroatoms. The highest BCUT2D eigenvalue weighted by atomic mass is 16.5. The van der Waals surface area contributed by atoms with Gasteiger partial charge in [-0.1, -0.05) is 6.07 Å². The van der Waals surface area contributed by atoms with Gasteiger partial charge in [-0.25, -0.2) is 4.98 Å². The van der Waals surface area contributed by atoms with E-state index in [1.807, 2.05) is 12.1 Å². The lowest BCUT2D eigenvalue weighted by molar-refractivity contribution is -0.00895. The van der Waals surface area contributed by atoms with Crippen LogP contribution in [0.1, 0.15) is 6.42 Å². The molecule has 0 aliphatic carbocycles. The summed E-state index contributed by atoms with van der Waals surface area (Å²) in [5, 5.41) is 29.3. The molecule has 9 nitrogen and oxygen atoms in total. The fourth-order valence-corrected chi connectivity index (χ4v) is 3.62. The van der Waals surface area contributed by atoms with E-state index in [1.54, 1.807) is 24.7 Å². The van der Waals surface area contributed by atoms with Crippen molar-refractivity contribution < 1.29 is 9.84 Å². The van der Waals surface area contributed by atoms with E-state index in [4.69, 9.17) is 4.74 Å². The number of hydrogen-bond acceptors (Lipinski definition) is 8. The minimum atomic E-state index is 0.135. The van der Waals surface area contributed by atoms with Crippen LogP contribution in [-0.4, -0.2) is 68.9 Å². The van der Waals surface area contributed by atoms with Gasteiger partial charge in [0.1, 0.15) is 11.4 Å². The third kappa shape index (κ3) is 3.30. The van der Waals surface area contributed by atoms with Gasteiger partial charge in [0.05, 0.1) is 31.6 Å². The van der Waals surface area contributed by atoms with Crippen LogP contribution < -0.4 is 10.2 Å². The molecule has 3 N–H and O–H groups in total. The van der Waals surface area contributed by atoms with Crippen LogP contribution in [0.15, 0.2) is 36.8 Å². The molecule has 0 spiro atoms. The van der Waals surface area contributed by atoms with Crippen molar-refractivity contribution in [3.05, 3.63) is 36.8 Å². The van der Waals surface area contributed by atoms with Crippen LogP contribution in [0.3, 0.4) is 0 Å². The van der Waals surface area contributed by atoms with Crippen molar-refractivity contribution in [2.24, 2.45) is 0 Å². The van der Waals surface area contributed by atoms with E-state index < -0.39 is 0 Å². The second-order valence-corrected chi connectivity index (χ2v) is 7.20. The number of phenols is 1. The summed E-state index contributed by atoms with van der Waals surface area (Å²) in [6, 6.07) is 6.32. The molecule has 28 heavy (non-hydrogen) atoms. The van der Waals surface area contributed by atoms with Crippen molar-refractivity contribution in [3.8, 4) is 28.1 Å². The molecule has 144 valence electrons. The lowest BCUT2D eigenvalue weighted by Crippen LogP contribution is -2.51. The highest BCUT2D eigenvalue weighted by Crippen LogP contribution is 2.32. The van der Waals surface area contributed by atoms with Crippen molar-refractivity contribution >= 4 is 5.95 Å². The molecule has 2 aromatic heterocycles. The Kier molecular flexibility index (Phi) is 4.38. The first-order valence-corrected chi connectivity index (χ1v) is 9.37. The van der Waals surface area contributed by atoms with E-state index in [2.05, 4.69) is 35.6 Å². The van der Waals surface area contributed by atoms with Crippen LogP contribution in [-0.2, 0) is 4.74 Å². The number of ether oxygens (including phenoxy) is 1. The van der Waals surface area contributed by atoms with Gasteiger partial charge in [-0.05, 0) is 24.1 Å². The van der Waals surface area contributed by atoms with Crippen molar-refractivity contribution in [3.63, 3.8) is 0 Å². The molecule has 2 aliphatic heterocycles. The molecular weight excluding hydrogens is 358 g/mol. The standard InChI is InChI=1S/C19H21N7O2/c27-18-5-12(13-6-21-22-7-13)1-2-16(18)17-8-20-19(25-24-17)26-4-3-14(9-26)23-15-10-28-11-15/h1-2,5-8,14-15,23,27H,3-4,9-11H2,(H,21,22). The average Bonchev–Trinajstić information content (AvgIpc) is 3.37. The molecule has 2 aliphatic rings. The van der Waals surface area contributed by atoms with E-state index >= 15 is 0 Å². The summed E-state index contributed by atoms with van der Waals surface area (Å²) < 4.78 is 5.21. The molecule has 0 bridgehead atoms. The molecule has 4 heterocycles. The molecule has 2 fully saturated rings. The summed E-state index contributed by atoms with van der Waals surface area (Å²) in [4.78, 5) is 6.61. The van der Waals surface area contributed by atoms with Gasteiger partial charge in [0, 0.05) is 36.5 Å². The Labute approximate surface area is 161 Å². The Hall–Kier alpha value is -3.04. The summed E-state index contributed by atoms with van der Waals surface area (Å²) in [6.45, 7) is 3.36. The van der Waals surface area contributed by atoms with Gasteiger partial charge in [-0.3, -0.25) is 5.10 Å². The summed E-state index contributed by atoms with van der Waals surface area (Å²) in [7, 11) is 0. The first-order chi connectivity index (χ1) is 13.8. The maximum Gasteiger partial charge on any atom is 0.245 e. The van der Waals surface area contributed by atoms with Gasteiger partial charge >= 0.3 is 0 Å². The maximum absolute atomic E-state index is 10.4. The third-order valence-electron chi connectivity index (χ3n) is 5.24. The van der Waals surface area contributed by atoms with Crippen molar-refractivity contribution in [1.82, 2.24) is 30.7 Å². The molecular formula is C19H21N7O2. The first-order valence-electron chi connectivity index (χ1n) is 9.37. The van der Waals surface area contributed by atoms with E-state index in [-0.39, 0.29) is 5.75 Å². The molecule has 1 atom stereocenters. The van der Waals surface area contributed by atoms with Gasteiger partial charge in [0.25, 0.3) is 0 Å². The van der Waals surface area contributed by atoms with Crippen LogP contribution in [0.5, 0.6) is 5.75 Å². The topological polar surface area (TPSA) is 112 Å². The van der Waals surface area contributed by atoms with Gasteiger partial charge in [-0.2, -0.15) is 5.10 Å². The van der Waals surface area contributed by atoms with Crippen molar-refractivity contribution in [1.29, 1.82) is 0 Å². The van der Waals surface area contributed by atoms with Crippen LogP contribution >= 0.6 is 0 Å². The molecule has 1 aromatic carbocycles. The highest BCUT2D eigenvalue weighted by molar-refractivity contribution is 5.73. The van der Waals surface area contributed by atoms with Crippen molar-refractivity contribution in [2.45, 2.75) is 18.5 Å². The number of nitrogens with one attached hydrogen (secondary N) is 2. The number of aromatic amines is 1. The van der Waals surface area contributed by atoms with Crippen LogP contribution in [0.25, 0.3) is 22.4 Å². The minimum absolute atomic E-state index is 0.135. The second-order valence-electron chi connectivity index (χ2n) is 7.20. The smallest absolute Gasteiger partial charge is 0.245 e. The Morgan fingerprint density at radius 1 is 1.14 bits per heavy atom. The van der Waals surface area contributed by atoms with E-state index in [0.29, 0.717) is 29.3 Å². The zero-order chi connectivity index (χ0) is 18.9. The summed E-state index contributed by atoms with van der Waals surface area (Å²) >= 11 is 0. The minimum Gasteiger partial charge on any atom is -0.507 e. The second kappa shape index (κ2) is 7.17. The molecule has 1 unspecified atom stereocenters. The fourth-order valence-electron chi connectivity index (χ4n) is 3.62. The molecule has 0 amide bonds. The highest BCUT2D eigenvalue weighted by Gasteiger charge is 2.29. The number of anilines is 1. The quantitative estimate of drug-likeness (QED) is 0.606. The number of aromatic hydroxyl groups is 1.